The molecule has 0 amide bonds. The lowest BCUT2D eigenvalue weighted by Gasteiger charge is -2.28. The van der Waals surface area contributed by atoms with Crippen LogP contribution >= 0.6 is 0 Å². The molecule has 0 radical (unpaired) electrons. The quantitative estimate of drug-likeness (QED) is 0.159. The second kappa shape index (κ2) is 15.5. The number of nitrogens with zero attached hydrogens (tertiary/aromatic N) is 5. The first-order chi connectivity index (χ1) is 35.0. The number of ether oxygens (including phenoxy) is 1. The summed E-state index contributed by atoms with van der Waals surface area (Å²) in [6, 6.07) is 35.6. The van der Waals surface area contributed by atoms with Gasteiger partial charge in [-0.3, -0.25) is 9.88 Å². The Morgan fingerprint density at radius 1 is 0.524 bits per heavy atom. The largest absolute Gasteiger partial charge is 0.457 e. The minimum Gasteiger partial charge on any atom is -0.457 e. The van der Waals surface area contributed by atoms with Crippen LogP contribution in [0.1, 0.15) is 40.0 Å². The van der Waals surface area contributed by atoms with E-state index in [0.29, 0.717) is 17.2 Å². The van der Waals surface area contributed by atoms with Gasteiger partial charge in [-0.1, -0.05) is 136 Å². The maximum Gasteiger partial charge on any atom is 0.137 e. The molecule has 0 N–H and O–H groups in total. The molecule has 2 aliphatic heterocycles. The van der Waals surface area contributed by atoms with Crippen molar-refractivity contribution in [3.63, 3.8) is 0 Å². The molecule has 0 aliphatic carbocycles. The number of fused-ring (bicyclic) bond motifs is 6. The highest BCUT2D eigenvalue weighted by Crippen LogP contribution is 2.53. The summed E-state index contributed by atoms with van der Waals surface area (Å²) in [5.74, 6) is 1.86. The van der Waals surface area contributed by atoms with E-state index in [2.05, 4.69) is 61.0 Å². The molecule has 6 nitrogen and oxygen atoms in total. The average Bonchev–Trinajstić information content (AvgIpc) is 3.73. The van der Waals surface area contributed by atoms with Crippen molar-refractivity contribution >= 4 is 39.9 Å². The SMILES string of the molecule is [2H]c1c([2H])c([2H])c(-c2cccc(-c3c([2H])c([2H])c([2H])c([2H])c3[2H])c2N2CN(c3cccc(Oc4ccc5c(c4)N(c4cc(C(C)(C)C)ccn4)c4ccccc4-c4cnccc4-5)c3)c3ccccc32)c([2H])c1[2H]. The lowest BCUT2D eigenvalue weighted by Crippen LogP contribution is -2.24. The van der Waals surface area contributed by atoms with Gasteiger partial charge in [0.15, 0.2) is 0 Å². The van der Waals surface area contributed by atoms with Gasteiger partial charge in [0, 0.05) is 64.2 Å². The molecule has 0 unspecified atom stereocenters. The van der Waals surface area contributed by atoms with Crippen molar-refractivity contribution in [1.82, 2.24) is 9.97 Å². The second-order valence-electron chi connectivity index (χ2n) is 16.4. The Bertz CT molecular complexity index is 3600. The van der Waals surface area contributed by atoms with Gasteiger partial charge < -0.3 is 14.5 Å². The number of anilines is 7. The van der Waals surface area contributed by atoms with E-state index in [1.807, 2.05) is 101 Å². The van der Waals surface area contributed by atoms with Crippen molar-refractivity contribution in [2.45, 2.75) is 26.2 Å². The third-order valence-corrected chi connectivity index (χ3v) is 11.6. The van der Waals surface area contributed by atoms with Gasteiger partial charge in [-0.05, 0) is 88.3 Å². The van der Waals surface area contributed by atoms with Gasteiger partial charge in [0.2, 0.25) is 0 Å². The number of benzene rings is 7. The summed E-state index contributed by atoms with van der Waals surface area (Å²) >= 11 is 0. The molecule has 4 heterocycles. The fourth-order valence-corrected chi connectivity index (χ4v) is 8.60. The Labute approximate surface area is 383 Å². The summed E-state index contributed by atoms with van der Waals surface area (Å²) < 4.78 is 94.2. The van der Waals surface area contributed by atoms with Crippen molar-refractivity contribution in [1.29, 1.82) is 0 Å². The van der Waals surface area contributed by atoms with Crippen LogP contribution in [0.5, 0.6) is 11.5 Å². The van der Waals surface area contributed by atoms with E-state index in [9.17, 15) is 0 Å². The third kappa shape index (κ3) is 6.86. The zero-order chi connectivity index (χ0) is 51.2. The Kier molecular flexibility index (Phi) is 7.02. The van der Waals surface area contributed by atoms with E-state index >= 15 is 0 Å². The van der Waals surface area contributed by atoms with Gasteiger partial charge in [0.1, 0.15) is 24.0 Å². The minimum absolute atomic E-state index is 0.0952. The van der Waals surface area contributed by atoms with E-state index in [-0.39, 0.29) is 40.0 Å². The van der Waals surface area contributed by atoms with E-state index < -0.39 is 60.4 Å². The molecule has 11 rings (SSSR count). The first-order valence-corrected chi connectivity index (χ1v) is 20.7. The number of rotatable bonds is 7. The van der Waals surface area contributed by atoms with Crippen LogP contribution in [0.3, 0.4) is 0 Å². The maximum atomic E-state index is 9.06. The second-order valence-corrected chi connectivity index (χ2v) is 16.4. The highest BCUT2D eigenvalue weighted by Gasteiger charge is 2.32. The molecular formula is C57H45N5O. The van der Waals surface area contributed by atoms with Crippen LogP contribution in [0.2, 0.25) is 0 Å². The van der Waals surface area contributed by atoms with Crippen LogP contribution in [0.4, 0.5) is 39.9 Å². The first kappa shape index (κ1) is 28.5. The van der Waals surface area contributed by atoms with Gasteiger partial charge in [-0.15, -0.1) is 0 Å². The summed E-state index contributed by atoms with van der Waals surface area (Å²) in [5, 5.41) is 0. The number of pyridine rings is 2. The van der Waals surface area contributed by atoms with Crippen LogP contribution in [-0.4, -0.2) is 16.6 Å². The van der Waals surface area contributed by atoms with Gasteiger partial charge in [0.05, 0.1) is 42.1 Å². The van der Waals surface area contributed by atoms with Crippen LogP contribution in [0.25, 0.3) is 44.5 Å². The Hall–Kier alpha value is -7.96. The molecular weight excluding hydrogens is 771 g/mol. The van der Waals surface area contributed by atoms with E-state index in [1.54, 1.807) is 24.4 Å². The van der Waals surface area contributed by atoms with Gasteiger partial charge in [-0.2, -0.15) is 0 Å². The molecule has 0 fully saturated rings. The van der Waals surface area contributed by atoms with Gasteiger partial charge in [0.25, 0.3) is 0 Å². The predicted molar refractivity (Wildman–Crippen MR) is 259 cm³/mol. The summed E-state index contributed by atoms with van der Waals surface area (Å²) in [6.07, 6.45) is 5.56. The van der Waals surface area contributed by atoms with E-state index in [1.165, 1.54) is 0 Å². The fourth-order valence-electron chi connectivity index (χ4n) is 8.60. The molecule has 0 atom stereocenters. The monoisotopic (exact) mass is 825 g/mol. The van der Waals surface area contributed by atoms with Gasteiger partial charge >= 0.3 is 0 Å². The molecule has 0 bridgehead atoms. The van der Waals surface area contributed by atoms with Crippen LogP contribution in [0.15, 0.2) is 206 Å². The molecule has 2 aromatic heterocycles. The highest BCUT2D eigenvalue weighted by molar-refractivity contribution is 6.02. The topological polar surface area (TPSA) is 44.7 Å². The van der Waals surface area contributed by atoms with Crippen molar-refractivity contribution < 1.29 is 18.4 Å². The third-order valence-electron chi connectivity index (χ3n) is 11.6. The zero-order valence-electron chi connectivity index (χ0n) is 44.7. The van der Waals surface area contributed by atoms with E-state index in [4.69, 9.17) is 23.4 Å². The van der Waals surface area contributed by atoms with Crippen molar-refractivity contribution in [2.24, 2.45) is 0 Å². The number of para-hydroxylation sites is 4. The Morgan fingerprint density at radius 2 is 1.16 bits per heavy atom. The Morgan fingerprint density at radius 3 is 1.89 bits per heavy atom. The van der Waals surface area contributed by atoms with Gasteiger partial charge in [-0.25, -0.2) is 4.98 Å². The first-order valence-electron chi connectivity index (χ1n) is 25.7. The summed E-state index contributed by atoms with van der Waals surface area (Å²) in [5.41, 5.74) is 9.46. The molecule has 7 aromatic carbocycles. The maximum absolute atomic E-state index is 9.06. The molecule has 0 saturated carbocycles. The summed E-state index contributed by atoms with van der Waals surface area (Å²) in [7, 11) is 0. The van der Waals surface area contributed by atoms with Crippen molar-refractivity contribution in [2.75, 3.05) is 21.4 Å². The van der Waals surface area contributed by atoms with Crippen LogP contribution in [-0.2, 0) is 5.41 Å². The molecule has 0 saturated heterocycles. The molecule has 9 aromatic rings. The minimum atomic E-state index is -0.554. The fraction of sp³-hybridized carbons (Fsp3) is 0.0877. The molecule has 6 heteroatoms. The summed E-state index contributed by atoms with van der Waals surface area (Å²) in [6.45, 7) is 6.65. The molecule has 63 heavy (non-hydrogen) atoms. The molecule has 304 valence electrons. The van der Waals surface area contributed by atoms with E-state index in [0.717, 1.165) is 56.4 Å². The smallest absolute Gasteiger partial charge is 0.137 e. The lowest BCUT2D eigenvalue weighted by molar-refractivity contribution is 0.483. The molecule has 0 spiro atoms. The van der Waals surface area contributed by atoms with Crippen LogP contribution < -0.4 is 19.4 Å². The standard InChI is InChI=1S/C57H45N5O/c1-57(2,3)41-30-33-59-55(34-41)62-51-25-11-10-22-48(51)50-37-58-32-31-47(50)49-29-28-44(36-54(49)62)63-43-21-14-20-42(35-43)60-38-61(53-27-13-12-26-52(53)60)56-45(39-16-6-4-7-17-39)23-15-24-46(56)40-18-8-5-9-19-40/h4-37H,38H2,1-3H3/i4D,5D,6D,7D,8D,9D,16D,17D,18D,19D. The highest BCUT2D eigenvalue weighted by atomic mass is 16.5. The lowest BCUT2D eigenvalue weighted by atomic mass is 9.87. The Balaban J connectivity index is 1.03. The normalized spacial score (nSPS) is 15.1. The van der Waals surface area contributed by atoms with Crippen molar-refractivity contribution in [3.05, 3.63) is 212 Å². The van der Waals surface area contributed by atoms with Crippen LogP contribution in [0, 0.1) is 0 Å². The number of hydrogen-bond acceptors (Lipinski definition) is 6. The summed E-state index contributed by atoms with van der Waals surface area (Å²) in [4.78, 5) is 15.6. The predicted octanol–water partition coefficient (Wildman–Crippen LogP) is 15.3. The average molecular weight is 826 g/mol. The molecule has 2 aliphatic rings. The number of aromatic nitrogens is 2. The number of hydrogen-bond donors (Lipinski definition) is 0. The zero-order valence-corrected chi connectivity index (χ0v) is 34.7. The van der Waals surface area contributed by atoms with Crippen molar-refractivity contribution in [3.8, 4) is 56.0 Å².